The third-order valence-corrected chi connectivity index (χ3v) is 5.66. The molecule has 1 aliphatic rings. The number of para-hydroxylation sites is 1. The maximum Gasteiger partial charge on any atom is 0.252 e. The van der Waals surface area contributed by atoms with Crippen molar-refractivity contribution in [2.45, 2.75) is 19.0 Å². The molecule has 0 aliphatic carbocycles. The van der Waals surface area contributed by atoms with Crippen LogP contribution in [-0.2, 0) is 6.54 Å². The lowest BCUT2D eigenvalue weighted by Crippen LogP contribution is -2.34. The van der Waals surface area contributed by atoms with Gasteiger partial charge in [0, 0.05) is 31.7 Å². The SMILES string of the molecule is CN(Cc1cc(=O)[nH]c(N)n1)C1CCN(c2nc3ccccc3s2)C1. The van der Waals surface area contributed by atoms with Gasteiger partial charge in [-0.25, -0.2) is 9.97 Å². The molecule has 1 aliphatic heterocycles. The zero-order valence-corrected chi connectivity index (χ0v) is 14.8. The summed E-state index contributed by atoms with van der Waals surface area (Å²) in [5.41, 5.74) is 7.17. The van der Waals surface area contributed by atoms with E-state index in [-0.39, 0.29) is 11.5 Å². The molecule has 1 aromatic carbocycles. The molecule has 3 aromatic rings. The second kappa shape index (κ2) is 6.45. The van der Waals surface area contributed by atoms with Gasteiger partial charge in [-0.3, -0.25) is 14.7 Å². The number of fused-ring (bicyclic) bond motifs is 1. The number of nitrogens with zero attached hydrogens (tertiary/aromatic N) is 4. The summed E-state index contributed by atoms with van der Waals surface area (Å²) in [6.45, 7) is 2.52. The monoisotopic (exact) mass is 356 g/mol. The van der Waals surface area contributed by atoms with Gasteiger partial charge < -0.3 is 10.6 Å². The number of aromatic nitrogens is 3. The number of anilines is 2. The first-order valence-corrected chi connectivity index (χ1v) is 9.06. The average molecular weight is 356 g/mol. The van der Waals surface area contributed by atoms with E-state index in [1.165, 1.54) is 10.8 Å². The first kappa shape index (κ1) is 16.0. The molecule has 0 spiro atoms. The molecule has 130 valence electrons. The number of hydrogen-bond donors (Lipinski definition) is 2. The van der Waals surface area contributed by atoms with Crippen LogP contribution in [0.15, 0.2) is 35.1 Å². The Balaban J connectivity index is 1.45. The lowest BCUT2D eigenvalue weighted by Gasteiger charge is -2.24. The highest BCUT2D eigenvalue weighted by Crippen LogP contribution is 2.31. The average Bonchev–Trinajstić information content (AvgIpc) is 3.20. The smallest absolute Gasteiger partial charge is 0.252 e. The molecule has 7 nitrogen and oxygen atoms in total. The summed E-state index contributed by atoms with van der Waals surface area (Å²) >= 11 is 1.74. The second-order valence-corrected chi connectivity index (χ2v) is 7.40. The zero-order valence-electron chi connectivity index (χ0n) is 14.0. The van der Waals surface area contributed by atoms with E-state index in [0.717, 1.165) is 30.2 Å². The van der Waals surface area contributed by atoms with E-state index in [1.807, 2.05) is 12.1 Å². The first-order chi connectivity index (χ1) is 12.1. The molecule has 8 heteroatoms. The number of thiazole rings is 1. The van der Waals surface area contributed by atoms with Crippen LogP contribution in [-0.4, -0.2) is 46.0 Å². The minimum atomic E-state index is -0.210. The highest BCUT2D eigenvalue weighted by molar-refractivity contribution is 7.22. The molecule has 1 fully saturated rings. The third kappa shape index (κ3) is 3.35. The molecule has 1 unspecified atom stereocenters. The fourth-order valence-electron chi connectivity index (χ4n) is 3.26. The third-order valence-electron chi connectivity index (χ3n) is 4.56. The van der Waals surface area contributed by atoms with Gasteiger partial charge in [0.1, 0.15) is 0 Å². The Morgan fingerprint density at radius 2 is 2.24 bits per heavy atom. The van der Waals surface area contributed by atoms with Gasteiger partial charge in [-0.1, -0.05) is 23.5 Å². The van der Waals surface area contributed by atoms with Gasteiger partial charge in [0.25, 0.3) is 5.56 Å². The van der Waals surface area contributed by atoms with Crippen molar-refractivity contribution >= 4 is 32.6 Å². The molecule has 1 saturated heterocycles. The van der Waals surface area contributed by atoms with Crippen LogP contribution < -0.4 is 16.2 Å². The quantitative estimate of drug-likeness (QED) is 0.739. The van der Waals surface area contributed by atoms with Gasteiger partial charge in [-0.05, 0) is 25.6 Å². The number of hydrogen-bond acceptors (Lipinski definition) is 7. The predicted molar refractivity (Wildman–Crippen MR) is 101 cm³/mol. The Kier molecular flexibility index (Phi) is 4.14. The van der Waals surface area contributed by atoms with Crippen LogP contribution in [0.5, 0.6) is 0 Å². The van der Waals surface area contributed by atoms with E-state index in [2.05, 4.69) is 38.9 Å². The molecular weight excluding hydrogens is 336 g/mol. The molecule has 0 radical (unpaired) electrons. The van der Waals surface area contributed by atoms with Crippen molar-refractivity contribution < 1.29 is 0 Å². The fourth-order valence-corrected chi connectivity index (χ4v) is 4.27. The van der Waals surface area contributed by atoms with Crippen molar-refractivity contribution in [3.05, 3.63) is 46.4 Å². The Labute approximate surface area is 149 Å². The van der Waals surface area contributed by atoms with Crippen LogP contribution in [0.25, 0.3) is 10.2 Å². The van der Waals surface area contributed by atoms with Gasteiger partial charge in [0.05, 0.1) is 15.9 Å². The number of likely N-dealkylation sites (N-methyl/N-ethyl adjacent to an activating group) is 1. The summed E-state index contributed by atoms with van der Waals surface area (Å²) in [5, 5.41) is 1.08. The fraction of sp³-hybridized carbons (Fsp3) is 0.353. The molecule has 0 bridgehead atoms. The Bertz CT molecular complexity index is 918. The highest BCUT2D eigenvalue weighted by Gasteiger charge is 2.27. The maximum atomic E-state index is 11.5. The lowest BCUT2D eigenvalue weighted by atomic mass is 10.2. The predicted octanol–water partition coefficient (Wildman–Crippen LogP) is 1.67. The molecule has 0 amide bonds. The second-order valence-electron chi connectivity index (χ2n) is 6.39. The van der Waals surface area contributed by atoms with E-state index in [0.29, 0.717) is 18.3 Å². The number of nitrogens with one attached hydrogen (secondary N) is 1. The van der Waals surface area contributed by atoms with Crippen LogP contribution >= 0.6 is 11.3 Å². The van der Waals surface area contributed by atoms with Gasteiger partial charge in [-0.2, -0.15) is 0 Å². The zero-order chi connectivity index (χ0) is 17.4. The van der Waals surface area contributed by atoms with Gasteiger partial charge in [0.2, 0.25) is 5.95 Å². The van der Waals surface area contributed by atoms with Crippen LogP contribution in [0.4, 0.5) is 11.1 Å². The molecule has 3 N–H and O–H groups in total. The molecular formula is C17H20N6OS. The normalized spacial score (nSPS) is 17.7. The largest absolute Gasteiger partial charge is 0.369 e. The standard InChI is InChI=1S/C17H20N6OS/c1-22(9-11-8-15(24)21-16(18)19-11)12-6-7-23(10-12)17-20-13-4-2-3-5-14(13)25-17/h2-5,8,12H,6-7,9-10H2,1H3,(H3,18,19,21,24). The van der Waals surface area contributed by atoms with Crippen LogP contribution in [0.1, 0.15) is 12.1 Å². The maximum absolute atomic E-state index is 11.5. The number of nitrogens with two attached hydrogens (primary N) is 1. The van der Waals surface area contributed by atoms with Gasteiger partial charge >= 0.3 is 0 Å². The molecule has 1 atom stereocenters. The van der Waals surface area contributed by atoms with E-state index in [1.54, 1.807) is 11.3 Å². The highest BCUT2D eigenvalue weighted by atomic mass is 32.1. The molecule has 2 aromatic heterocycles. The van der Waals surface area contributed by atoms with Crippen molar-refractivity contribution in [2.24, 2.45) is 0 Å². The van der Waals surface area contributed by atoms with Crippen molar-refractivity contribution in [1.29, 1.82) is 0 Å². The van der Waals surface area contributed by atoms with Crippen LogP contribution in [0, 0.1) is 0 Å². The minimum Gasteiger partial charge on any atom is -0.369 e. The van der Waals surface area contributed by atoms with Crippen molar-refractivity contribution in [3.63, 3.8) is 0 Å². The summed E-state index contributed by atoms with van der Waals surface area (Å²) in [4.78, 5) is 27.5. The number of rotatable bonds is 4. The molecule has 3 heterocycles. The van der Waals surface area contributed by atoms with Gasteiger partial charge in [-0.15, -0.1) is 0 Å². The summed E-state index contributed by atoms with van der Waals surface area (Å²) in [6.07, 6.45) is 1.06. The lowest BCUT2D eigenvalue weighted by molar-refractivity contribution is 0.247. The molecule has 4 rings (SSSR count). The molecule has 25 heavy (non-hydrogen) atoms. The van der Waals surface area contributed by atoms with Crippen molar-refractivity contribution in [3.8, 4) is 0 Å². The summed E-state index contributed by atoms with van der Waals surface area (Å²) < 4.78 is 1.22. The minimum absolute atomic E-state index is 0.165. The summed E-state index contributed by atoms with van der Waals surface area (Å²) in [5.74, 6) is 0.165. The Hall–Kier alpha value is -2.45. The topological polar surface area (TPSA) is 91.1 Å². The van der Waals surface area contributed by atoms with E-state index in [9.17, 15) is 4.79 Å². The van der Waals surface area contributed by atoms with E-state index >= 15 is 0 Å². The first-order valence-electron chi connectivity index (χ1n) is 8.25. The summed E-state index contributed by atoms with van der Waals surface area (Å²) in [6, 6.07) is 10.1. The summed E-state index contributed by atoms with van der Waals surface area (Å²) in [7, 11) is 2.06. The number of nitrogen functional groups attached to an aromatic ring is 1. The van der Waals surface area contributed by atoms with Crippen LogP contribution in [0.3, 0.4) is 0 Å². The van der Waals surface area contributed by atoms with Crippen molar-refractivity contribution in [1.82, 2.24) is 19.9 Å². The van der Waals surface area contributed by atoms with E-state index < -0.39 is 0 Å². The molecule has 0 saturated carbocycles. The van der Waals surface area contributed by atoms with Crippen molar-refractivity contribution in [2.75, 3.05) is 30.8 Å². The van der Waals surface area contributed by atoms with Crippen LogP contribution in [0.2, 0.25) is 0 Å². The number of benzene rings is 1. The number of aromatic amines is 1. The van der Waals surface area contributed by atoms with E-state index in [4.69, 9.17) is 10.7 Å². The Morgan fingerprint density at radius 3 is 3.04 bits per heavy atom. The Morgan fingerprint density at radius 1 is 1.40 bits per heavy atom. The number of H-pyrrole nitrogens is 1. The van der Waals surface area contributed by atoms with Gasteiger partial charge in [0.15, 0.2) is 5.13 Å².